The second-order valence-electron chi connectivity index (χ2n) is 2.90. The number of rotatable bonds is 1. The second kappa shape index (κ2) is 2.91. The van der Waals surface area contributed by atoms with Gasteiger partial charge in [-0.3, -0.25) is 0 Å². The van der Waals surface area contributed by atoms with Gasteiger partial charge in [0.1, 0.15) is 5.25 Å². The molecule has 0 aromatic carbocycles. The molecule has 5 heteroatoms. The van der Waals surface area contributed by atoms with Crippen LogP contribution in [0.3, 0.4) is 0 Å². The second-order valence-corrected chi connectivity index (χ2v) is 4.59. The van der Waals surface area contributed by atoms with Gasteiger partial charge in [-0.25, -0.2) is 13.6 Å². The van der Waals surface area contributed by atoms with E-state index in [2.05, 4.69) is 0 Å². The quantitative estimate of drug-likeness (QED) is 0.560. The van der Waals surface area contributed by atoms with Crippen molar-refractivity contribution < 1.29 is 8.42 Å². The summed E-state index contributed by atoms with van der Waals surface area (Å²) in [6.07, 6.45) is 3.88. The van der Waals surface area contributed by atoms with E-state index in [4.69, 9.17) is 10.9 Å². The van der Waals surface area contributed by atoms with Gasteiger partial charge in [-0.15, -0.1) is 0 Å². The Morgan fingerprint density at radius 3 is 2.58 bits per heavy atom. The Balaban J connectivity index is 3.04. The lowest BCUT2D eigenvalue weighted by molar-refractivity contribution is 0.593. The third kappa shape index (κ3) is 1.86. The zero-order valence-electron chi connectivity index (χ0n) is 6.82. The number of sulfonamides is 1. The van der Waals surface area contributed by atoms with Gasteiger partial charge in [0, 0.05) is 12.1 Å². The van der Waals surface area contributed by atoms with E-state index in [0.717, 1.165) is 5.57 Å². The summed E-state index contributed by atoms with van der Waals surface area (Å²) >= 11 is 0. The van der Waals surface area contributed by atoms with Crippen molar-refractivity contribution >= 4 is 10.0 Å². The Hall–Kier alpha value is -0.810. The molecule has 68 valence electrons. The molecule has 1 unspecified atom stereocenters. The van der Waals surface area contributed by atoms with E-state index in [1.165, 1.54) is 6.08 Å². The van der Waals surface area contributed by atoms with E-state index >= 15 is 0 Å². The molecule has 0 heterocycles. The number of hydrogen-bond donors (Lipinski definition) is 2. The molecular formula is C7H12N2O2S. The van der Waals surface area contributed by atoms with E-state index in [1.807, 2.05) is 0 Å². The molecule has 12 heavy (non-hydrogen) atoms. The van der Waals surface area contributed by atoms with Crippen molar-refractivity contribution in [3.8, 4) is 0 Å². The van der Waals surface area contributed by atoms with Crippen LogP contribution in [-0.2, 0) is 10.0 Å². The number of primary sulfonamides is 1. The van der Waals surface area contributed by atoms with Crippen molar-refractivity contribution in [3.63, 3.8) is 0 Å². The smallest absolute Gasteiger partial charge is 0.219 e. The van der Waals surface area contributed by atoms with Crippen LogP contribution in [-0.4, -0.2) is 13.7 Å². The zero-order valence-corrected chi connectivity index (χ0v) is 7.64. The topological polar surface area (TPSA) is 86.2 Å². The fraction of sp³-hybridized carbons (Fsp3) is 0.429. The minimum absolute atomic E-state index is 0.555. The lowest BCUT2D eigenvalue weighted by Crippen LogP contribution is -2.30. The predicted octanol–water partition coefficient (Wildman–Crippen LogP) is -0.164. The van der Waals surface area contributed by atoms with Crippen LogP contribution in [0.25, 0.3) is 0 Å². The van der Waals surface area contributed by atoms with Crippen molar-refractivity contribution in [2.24, 2.45) is 10.9 Å². The molecule has 0 aliphatic heterocycles. The summed E-state index contributed by atoms with van der Waals surface area (Å²) in [6.45, 7) is 1.73. The lowest BCUT2D eigenvalue weighted by atomic mass is 10.1. The fourth-order valence-electron chi connectivity index (χ4n) is 1.14. The van der Waals surface area contributed by atoms with E-state index < -0.39 is 15.3 Å². The molecule has 0 saturated heterocycles. The Kier molecular flexibility index (Phi) is 2.25. The van der Waals surface area contributed by atoms with E-state index in [1.54, 1.807) is 13.0 Å². The molecule has 0 aromatic rings. The SMILES string of the molecule is CC1=CCC(N)=CC1S(N)(=O)=O. The van der Waals surface area contributed by atoms with Crippen LogP contribution >= 0.6 is 0 Å². The minimum Gasteiger partial charge on any atom is -0.402 e. The summed E-state index contributed by atoms with van der Waals surface area (Å²) in [7, 11) is -3.53. The van der Waals surface area contributed by atoms with Gasteiger partial charge in [-0.05, 0) is 13.0 Å². The molecule has 0 amide bonds. The minimum atomic E-state index is -3.53. The molecule has 1 atom stereocenters. The average Bonchev–Trinajstić information content (AvgIpc) is 1.92. The maximum Gasteiger partial charge on any atom is 0.219 e. The van der Waals surface area contributed by atoms with Crippen LogP contribution in [0.15, 0.2) is 23.4 Å². The van der Waals surface area contributed by atoms with Crippen molar-refractivity contribution in [3.05, 3.63) is 23.4 Å². The van der Waals surface area contributed by atoms with E-state index in [0.29, 0.717) is 12.1 Å². The van der Waals surface area contributed by atoms with Crippen LogP contribution in [0.1, 0.15) is 13.3 Å². The first-order valence-electron chi connectivity index (χ1n) is 3.55. The van der Waals surface area contributed by atoms with Crippen molar-refractivity contribution in [2.75, 3.05) is 0 Å². The van der Waals surface area contributed by atoms with Crippen LogP contribution in [0, 0.1) is 0 Å². The highest BCUT2D eigenvalue weighted by atomic mass is 32.2. The first-order valence-corrected chi connectivity index (χ1v) is 5.16. The number of allylic oxidation sites excluding steroid dienone is 1. The fourth-order valence-corrected chi connectivity index (χ4v) is 2.12. The van der Waals surface area contributed by atoms with Crippen molar-refractivity contribution in [2.45, 2.75) is 18.6 Å². The van der Waals surface area contributed by atoms with Gasteiger partial charge < -0.3 is 5.73 Å². The highest BCUT2D eigenvalue weighted by molar-refractivity contribution is 7.90. The van der Waals surface area contributed by atoms with E-state index in [-0.39, 0.29) is 0 Å². The summed E-state index contributed by atoms with van der Waals surface area (Å²) in [5.41, 5.74) is 6.78. The standard InChI is InChI=1S/C7H12N2O2S/c1-5-2-3-6(8)4-7(5)12(9,10)11/h2,4,7H,3,8H2,1H3,(H2,9,10,11). The Bertz CT molecular complexity index is 340. The lowest BCUT2D eigenvalue weighted by Gasteiger charge is -2.16. The monoisotopic (exact) mass is 188 g/mol. The van der Waals surface area contributed by atoms with Gasteiger partial charge in [0.2, 0.25) is 10.0 Å². The van der Waals surface area contributed by atoms with Crippen LogP contribution < -0.4 is 10.9 Å². The maximum absolute atomic E-state index is 11.0. The summed E-state index contributed by atoms with van der Waals surface area (Å²) in [6, 6.07) is 0. The molecule has 1 rings (SSSR count). The third-order valence-corrected chi connectivity index (χ3v) is 3.04. The molecule has 4 nitrogen and oxygen atoms in total. The molecule has 0 spiro atoms. The molecule has 1 aliphatic rings. The molecule has 0 fully saturated rings. The van der Waals surface area contributed by atoms with Gasteiger partial charge in [-0.2, -0.15) is 0 Å². The summed E-state index contributed by atoms with van der Waals surface area (Å²) in [4.78, 5) is 0. The average molecular weight is 188 g/mol. The summed E-state index contributed by atoms with van der Waals surface area (Å²) in [5.74, 6) is 0. The molecule has 1 aliphatic carbocycles. The first kappa shape index (κ1) is 9.28. The Morgan fingerprint density at radius 2 is 2.17 bits per heavy atom. The van der Waals surface area contributed by atoms with Crippen molar-refractivity contribution in [1.29, 1.82) is 0 Å². The first-order chi connectivity index (χ1) is 5.41. The normalized spacial score (nSPS) is 24.7. The van der Waals surface area contributed by atoms with Gasteiger partial charge in [0.15, 0.2) is 0 Å². The Morgan fingerprint density at radius 1 is 1.58 bits per heavy atom. The number of nitrogens with two attached hydrogens (primary N) is 2. The van der Waals surface area contributed by atoms with Gasteiger partial charge >= 0.3 is 0 Å². The summed E-state index contributed by atoms with van der Waals surface area (Å²) < 4.78 is 22.0. The highest BCUT2D eigenvalue weighted by Crippen LogP contribution is 2.18. The Labute approximate surface area is 72.0 Å². The van der Waals surface area contributed by atoms with Crippen LogP contribution in [0.5, 0.6) is 0 Å². The molecule has 0 bridgehead atoms. The number of hydrogen-bond acceptors (Lipinski definition) is 3. The highest BCUT2D eigenvalue weighted by Gasteiger charge is 2.23. The van der Waals surface area contributed by atoms with Gasteiger partial charge in [-0.1, -0.05) is 11.6 Å². The summed E-state index contributed by atoms with van der Waals surface area (Å²) in [5, 5.41) is 4.26. The molecule has 4 N–H and O–H groups in total. The largest absolute Gasteiger partial charge is 0.402 e. The molecular weight excluding hydrogens is 176 g/mol. The molecule has 0 saturated carbocycles. The zero-order chi connectivity index (χ0) is 9.35. The van der Waals surface area contributed by atoms with Crippen LogP contribution in [0.2, 0.25) is 0 Å². The van der Waals surface area contributed by atoms with Gasteiger partial charge in [0.25, 0.3) is 0 Å². The van der Waals surface area contributed by atoms with Crippen LogP contribution in [0.4, 0.5) is 0 Å². The third-order valence-electron chi connectivity index (χ3n) is 1.83. The predicted molar refractivity (Wildman–Crippen MR) is 47.5 cm³/mol. The maximum atomic E-state index is 11.0. The van der Waals surface area contributed by atoms with Crippen molar-refractivity contribution in [1.82, 2.24) is 0 Å². The molecule has 0 aromatic heterocycles. The van der Waals surface area contributed by atoms with Gasteiger partial charge in [0.05, 0.1) is 0 Å². The molecule has 0 radical (unpaired) electrons. The van der Waals surface area contributed by atoms with E-state index in [9.17, 15) is 8.42 Å².